The summed E-state index contributed by atoms with van der Waals surface area (Å²) < 4.78 is 16.1. The number of carbonyl (C=O) groups excluding carboxylic acids is 2. The Labute approximate surface area is 231 Å². The molecule has 6 heterocycles. The molecule has 0 saturated carbocycles. The van der Waals surface area contributed by atoms with Gasteiger partial charge in [0.1, 0.15) is 16.9 Å². The van der Waals surface area contributed by atoms with E-state index in [1.54, 1.807) is 39.1 Å². The third kappa shape index (κ3) is 4.41. The van der Waals surface area contributed by atoms with Crippen molar-refractivity contribution >= 4 is 50.8 Å². The van der Waals surface area contributed by atoms with Gasteiger partial charge in [-0.05, 0) is 31.2 Å². The number of rotatable bonds is 5. The molecule has 200 valence electrons. The summed E-state index contributed by atoms with van der Waals surface area (Å²) in [4.78, 5) is 46.5. The molecule has 0 saturated heterocycles. The van der Waals surface area contributed by atoms with Gasteiger partial charge in [-0.25, -0.2) is 14.4 Å². The quantitative estimate of drug-likeness (QED) is 0.221. The van der Waals surface area contributed by atoms with Gasteiger partial charge in [0, 0.05) is 33.8 Å². The monoisotopic (exact) mass is 554 g/mol. The van der Waals surface area contributed by atoms with E-state index in [0.29, 0.717) is 38.6 Å². The lowest BCUT2D eigenvalue weighted by Crippen LogP contribution is -2.27. The Morgan fingerprint density at radius 1 is 1.05 bits per heavy atom. The van der Waals surface area contributed by atoms with E-state index in [0.717, 1.165) is 10.4 Å². The third-order valence-electron chi connectivity index (χ3n) is 6.32. The average molecular weight is 555 g/mol. The number of aromatic amines is 2. The first kappa shape index (κ1) is 25.4. The van der Waals surface area contributed by atoms with Crippen molar-refractivity contribution < 1.29 is 14.0 Å². The molecule has 3 N–H and O–H groups in total. The van der Waals surface area contributed by atoms with Crippen molar-refractivity contribution in [3.63, 3.8) is 0 Å². The maximum Gasteiger partial charge on any atom is 0.229 e. The van der Waals surface area contributed by atoms with E-state index in [-0.39, 0.29) is 28.5 Å². The summed E-state index contributed by atoms with van der Waals surface area (Å²) in [6, 6.07) is 7.11. The highest BCUT2D eigenvalue weighted by molar-refractivity contribution is 7.17. The largest absolute Gasteiger partial charge is 0.324 e. The van der Waals surface area contributed by atoms with Crippen molar-refractivity contribution in [1.29, 1.82) is 0 Å². The van der Waals surface area contributed by atoms with Gasteiger partial charge < -0.3 is 10.3 Å². The molecule has 1 amide bonds. The standard InChI is InChI=1S/C28H23FN8O2S/c1-13(38)18-5-6-19(40-18)16-7-8-31-25-23(16)34-26(35-25)24-20-17(36-37-24)12-32-22(21(20)29)14-9-15(11-30-10-14)33-27(39)28(2,3)4/h5-12H,1-4H3,(H,33,39)(H,36,37)(H,31,34,35). The van der Waals surface area contributed by atoms with Gasteiger partial charge in [-0.15, -0.1) is 11.3 Å². The summed E-state index contributed by atoms with van der Waals surface area (Å²) in [7, 11) is 0. The lowest BCUT2D eigenvalue weighted by atomic mass is 9.95. The Hall–Kier alpha value is -4.84. The number of H-pyrrole nitrogens is 2. The lowest BCUT2D eigenvalue weighted by molar-refractivity contribution is -0.123. The average Bonchev–Trinajstić information content (AvgIpc) is 3.66. The minimum absolute atomic E-state index is 0.00975. The van der Waals surface area contributed by atoms with Crippen molar-refractivity contribution in [2.75, 3.05) is 5.32 Å². The number of Topliss-reactive ketones (excluding diaryl/α,β-unsaturated/α-hetero) is 1. The molecule has 6 aromatic rings. The summed E-state index contributed by atoms with van der Waals surface area (Å²) in [5.41, 5.74) is 2.81. The maximum absolute atomic E-state index is 16.1. The van der Waals surface area contributed by atoms with E-state index in [4.69, 9.17) is 4.98 Å². The second-order valence-electron chi connectivity index (χ2n) is 10.3. The van der Waals surface area contributed by atoms with E-state index in [9.17, 15) is 9.59 Å². The zero-order valence-corrected chi connectivity index (χ0v) is 22.8. The van der Waals surface area contributed by atoms with E-state index in [2.05, 4.69) is 35.5 Å². The molecule has 12 heteroatoms. The minimum atomic E-state index is -0.611. The van der Waals surface area contributed by atoms with Crippen LogP contribution in [-0.2, 0) is 4.79 Å². The number of carbonyl (C=O) groups is 2. The Morgan fingerprint density at radius 2 is 1.88 bits per heavy atom. The summed E-state index contributed by atoms with van der Waals surface area (Å²) >= 11 is 1.37. The molecule has 6 aromatic heterocycles. The number of anilines is 1. The first-order chi connectivity index (χ1) is 19.1. The van der Waals surface area contributed by atoms with Gasteiger partial charge in [0.05, 0.1) is 33.9 Å². The van der Waals surface area contributed by atoms with Gasteiger partial charge in [0.25, 0.3) is 0 Å². The Morgan fingerprint density at radius 3 is 2.62 bits per heavy atom. The van der Waals surface area contributed by atoms with Gasteiger partial charge in [0.2, 0.25) is 5.91 Å². The maximum atomic E-state index is 16.1. The van der Waals surface area contributed by atoms with Crippen molar-refractivity contribution in [2.24, 2.45) is 5.41 Å². The highest BCUT2D eigenvalue weighted by atomic mass is 32.1. The zero-order chi connectivity index (χ0) is 28.2. The van der Waals surface area contributed by atoms with E-state index in [1.807, 2.05) is 12.1 Å². The molecule has 0 atom stereocenters. The fraction of sp³-hybridized carbons (Fsp3) is 0.179. The smallest absolute Gasteiger partial charge is 0.229 e. The molecular formula is C28H23FN8O2S. The summed E-state index contributed by atoms with van der Waals surface area (Å²) in [5.74, 6) is -0.486. The van der Waals surface area contributed by atoms with E-state index >= 15 is 4.39 Å². The molecule has 0 aliphatic rings. The number of nitrogens with one attached hydrogen (secondary N) is 3. The van der Waals surface area contributed by atoms with Crippen LogP contribution in [0.15, 0.2) is 49.1 Å². The van der Waals surface area contributed by atoms with Crippen molar-refractivity contribution in [1.82, 2.24) is 35.1 Å². The summed E-state index contributed by atoms with van der Waals surface area (Å²) in [5, 5.41) is 10.2. The number of hydrogen-bond acceptors (Lipinski definition) is 8. The van der Waals surface area contributed by atoms with Gasteiger partial charge in [0.15, 0.2) is 23.1 Å². The number of thiophene rings is 1. The molecule has 0 aliphatic carbocycles. The topological polar surface area (TPSA) is 142 Å². The third-order valence-corrected chi connectivity index (χ3v) is 7.54. The SMILES string of the molecule is CC(=O)c1ccc(-c2ccnc3[nH]c(-c4n[nH]c5cnc(-c6cncc(NC(=O)C(C)(C)C)c6)c(F)c45)nc23)s1. The molecule has 0 fully saturated rings. The number of ketones is 1. The molecule has 10 nitrogen and oxygen atoms in total. The van der Waals surface area contributed by atoms with Crippen LogP contribution >= 0.6 is 11.3 Å². The van der Waals surface area contributed by atoms with Crippen LogP contribution < -0.4 is 5.32 Å². The molecule has 0 aromatic carbocycles. The highest BCUT2D eigenvalue weighted by Crippen LogP contribution is 2.36. The minimum Gasteiger partial charge on any atom is -0.324 e. The van der Waals surface area contributed by atoms with Gasteiger partial charge in [-0.2, -0.15) is 5.10 Å². The van der Waals surface area contributed by atoms with Crippen LogP contribution in [0.25, 0.3) is 55.3 Å². The molecule has 0 bridgehead atoms. The van der Waals surface area contributed by atoms with Crippen molar-refractivity contribution in [2.45, 2.75) is 27.7 Å². The molecular weight excluding hydrogens is 531 g/mol. The van der Waals surface area contributed by atoms with E-state index in [1.165, 1.54) is 36.9 Å². The lowest BCUT2D eigenvalue weighted by Gasteiger charge is -2.17. The Bertz CT molecular complexity index is 1950. The molecule has 40 heavy (non-hydrogen) atoms. The van der Waals surface area contributed by atoms with Crippen LogP contribution in [0.3, 0.4) is 0 Å². The Kier molecular flexibility index (Phi) is 5.99. The summed E-state index contributed by atoms with van der Waals surface area (Å²) in [6.07, 6.45) is 6.12. The second kappa shape index (κ2) is 9.42. The number of hydrogen-bond donors (Lipinski definition) is 3. The van der Waals surface area contributed by atoms with Crippen LogP contribution in [0.2, 0.25) is 0 Å². The predicted octanol–water partition coefficient (Wildman–Crippen LogP) is 6.01. The molecule has 0 aliphatic heterocycles. The number of aromatic nitrogens is 7. The van der Waals surface area contributed by atoms with E-state index < -0.39 is 11.2 Å². The van der Waals surface area contributed by atoms with Crippen LogP contribution in [0, 0.1) is 11.2 Å². The number of imidazole rings is 1. The first-order valence-electron chi connectivity index (χ1n) is 12.4. The number of pyridine rings is 3. The molecule has 6 rings (SSSR count). The van der Waals surface area contributed by atoms with Gasteiger partial charge >= 0.3 is 0 Å². The molecule has 0 radical (unpaired) electrons. The fourth-order valence-corrected chi connectivity index (χ4v) is 5.13. The second-order valence-corrected chi connectivity index (χ2v) is 11.4. The summed E-state index contributed by atoms with van der Waals surface area (Å²) in [6.45, 7) is 6.93. The number of halogens is 1. The van der Waals surface area contributed by atoms with Crippen molar-refractivity contribution in [3.8, 4) is 33.2 Å². The predicted molar refractivity (Wildman–Crippen MR) is 151 cm³/mol. The zero-order valence-electron chi connectivity index (χ0n) is 22.0. The van der Waals surface area contributed by atoms with Crippen LogP contribution in [0.1, 0.15) is 37.4 Å². The Balaban J connectivity index is 1.43. The normalized spacial score (nSPS) is 11.8. The van der Waals surface area contributed by atoms with Crippen molar-refractivity contribution in [3.05, 3.63) is 59.7 Å². The fourth-order valence-electron chi connectivity index (χ4n) is 4.20. The van der Waals surface area contributed by atoms with Gasteiger partial charge in [-0.1, -0.05) is 20.8 Å². The molecule has 0 spiro atoms. The number of fused-ring (bicyclic) bond motifs is 2. The molecule has 0 unspecified atom stereocenters. The van der Waals surface area contributed by atoms with Gasteiger partial charge in [-0.3, -0.25) is 24.7 Å². The highest BCUT2D eigenvalue weighted by Gasteiger charge is 2.24. The van der Waals surface area contributed by atoms with Crippen LogP contribution in [0.5, 0.6) is 0 Å². The number of amides is 1. The van der Waals surface area contributed by atoms with Crippen LogP contribution in [0.4, 0.5) is 10.1 Å². The van der Waals surface area contributed by atoms with Crippen LogP contribution in [-0.4, -0.2) is 46.8 Å². The first-order valence-corrected chi connectivity index (χ1v) is 13.2. The number of nitrogens with zero attached hydrogens (tertiary/aromatic N) is 5.